The van der Waals surface area contributed by atoms with Gasteiger partial charge in [0, 0.05) is 28.2 Å². The van der Waals surface area contributed by atoms with Gasteiger partial charge in [0.2, 0.25) is 0 Å². The summed E-state index contributed by atoms with van der Waals surface area (Å²) in [7, 11) is 0. The average molecular weight is 526 g/mol. The van der Waals surface area contributed by atoms with Crippen LogP contribution in [-0.2, 0) is 0 Å². The third-order valence-electron chi connectivity index (χ3n) is 7.26. The molecule has 3 heteroatoms. The van der Waals surface area contributed by atoms with E-state index in [1.807, 2.05) is 54.6 Å². The van der Waals surface area contributed by atoms with E-state index in [0.717, 1.165) is 61.7 Å². The monoisotopic (exact) mass is 525 g/mol. The summed E-state index contributed by atoms with van der Waals surface area (Å²) in [5.74, 6) is 0. The minimum Gasteiger partial charge on any atom is -0.311 e. The van der Waals surface area contributed by atoms with Gasteiger partial charge in [0.15, 0.2) is 0 Å². The number of rotatable bonds is 6. The third-order valence-corrected chi connectivity index (χ3v) is 7.26. The van der Waals surface area contributed by atoms with E-state index in [1.165, 1.54) is 0 Å². The molecule has 0 spiro atoms. The molecule has 3 nitrogen and oxygen atoms in total. The van der Waals surface area contributed by atoms with Crippen molar-refractivity contribution in [3.63, 3.8) is 0 Å². The average Bonchev–Trinajstić information content (AvgIpc) is 3.06. The van der Waals surface area contributed by atoms with Gasteiger partial charge in [-0.05, 0) is 59.7 Å². The summed E-state index contributed by atoms with van der Waals surface area (Å²) in [6, 6.07) is 56.7. The fourth-order valence-corrected chi connectivity index (χ4v) is 5.22. The Labute approximate surface area is 240 Å². The molecule has 0 fully saturated rings. The number of hydrogen-bond acceptors (Lipinski definition) is 3. The number of nitrogens with zero attached hydrogens (tertiary/aromatic N) is 3. The van der Waals surface area contributed by atoms with Crippen LogP contribution in [0, 0.1) is 0 Å². The van der Waals surface area contributed by atoms with Crippen LogP contribution >= 0.6 is 0 Å². The summed E-state index contributed by atoms with van der Waals surface area (Å²) in [6.45, 7) is 0. The minimum absolute atomic E-state index is 0.887. The molecule has 7 aromatic rings. The third kappa shape index (κ3) is 4.97. The normalized spacial score (nSPS) is 10.9. The SMILES string of the molecule is c1ccc(-c2nc3ccccc3nc2-c2ccc(-c3ccc(N(c4ccccc4)c4ccccc4)cc3)cc2)cc1. The Morgan fingerprint density at radius 1 is 0.293 bits per heavy atom. The summed E-state index contributed by atoms with van der Waals surface area (Å²) in [5.41, 5.74) is 11.3. The first-order chi connectivity index (χ1) is 20.3. The van der Waals surface area contributed by atoms with E-state index in [4.69, 9.17) is 9.97 Å². The summed E-state index contributed by atoms with van der Waals surface area (Å²) in [6.07, 6.45) is 0. The van der Waals surface area contributed by atoms with E-state index < -0.39 is 0 Å². The van der Waals surface area contributed by atoms with Crippen molar-refractivity contribution in [1.29, 1.82) is 0 Å². The highest BCUT2D eigenvalue weighted by molar-refractivity contribution is 5.87. The zero-order valence-corrected chi connectivity index (χ0v) is 22.4. The van der Waals surface area contributed by atoms with Crippen molar-refractivity contribution in [2.75, 3.05) is 4.90 Å². The summed E-state index contributed by atoms with van der Waals surface area (Å²) in [5, 5.41) is 0. The van der Waals surface area contributed by atoms with Gasteiger partial charge in [-0.25, -0.2) is 9.97 Å². The Morgan fingerprint density at radius 2 is 0.634 bits per heavy atom. The highest BCUT2D eigenvalue weighted by Gasteiger charge is 2.14. The van der Waals surface area contributed by atoms with Crippen molar-refractivity contribution < 1.29 is 0 Å². The van der Waals surface area contributed by atoms with Crippen molar-refractivity contribution in [2.45, 2.75) is 0 Å². The largest absolute Gasteiger partial charge is 0.311 e. The molecule has 1 aromatic heterocycles. The lowest BCUT2D eigenvalue weighted by molar-refractivity contribution is 1.28. The van der Waals surface area contributed by atoms with Crippen molar-refractivity contribution >= 4 is 28.1 Å². The van der Waals surface area contributed by atoms with Gasteiger partial charge in [-0.2, -0.15) is 0 Å². The quantitative estimate of drug-likeness (QED) is 0.216. The van der Waals surface area contributed by atoms with Gasteiger partial charge in [0.05, 0.1) is 22.4 Å². The number of fused-ring (bicyclic) bond motifs is 1. The first-order valence-corrected chi connectivity index (χ1v) is 13.8. The molecule has 0 atom stereocenters. The first-order valence-electron chi connectivity index (χ1n) is 13.8. The van der Waals surface area contributed by atoms with E-state index in [1.54, 1.807) is 0 Å². The van der Waals surface area contributed by atoms with E-state index in [-0.39, 0.29) is 0 Å². The zero-order chi connectivity index (χ0) is 27.4. The Bertz CT molecular complexity index is 1860. The molecule has 0 amide bonds. The maximum absolute atomic E-state index is 5.04. The fourth-order valence-electron chi connectivity index (χ4n) is 5.22. The van der Waals surface area contributed by atoms with Crippen LogP contribution in [0.5, 0.6) is 0 Å². The van der Waals surface area contributed by atoms with Crippen LogP contribution in [0.3, 0.4) is 0 Å². The van der Waals surface area contributed by atoms with Gasteiger partial charge >= 0.3 is 0 Å². The number of para-hydroxylation sites is 4. The Kier molecular flexibility index (Phi) is 6.52. The predicted octanol–water partition coefficient (Wildman–Crippen LogP) is 10.1. The molecule has 1 heterocycles. The number of aromatic nitrogens is 2. The number of hydrogen-bond donors (Lipinski definition) is 0. The van der Waals surface area contributed by atoms with E-state index >= 15 is 0 Å². The molecular formula is C38H27N3. The fraction of sp³-hybridized carbons (Fsp3) is 0. The topological polar surface area (TPSA) is 29.0 Å². The lowest BCUT2D eigenvalue weighted by atomic mass is 9.99. The van der Waals surface area contributed by atoms with Gasteiger partial charge in [-0.15, -0.1) is 0 Å². The molecule has 0 bridgehead atoms. The van der Waals surface area contributed by atoms with E-state index in [9.17, 15) is 0 Å². The van der Waals surface area contributed by atoms with Crippen molar-refractivity contribution in [1.82, 2.24) is 9.97 Å². The van der Waals surface area contributed by atoms with E-state index in [0.29, 0.717) is 0 Å². The van der Waals surface area contributed by atoms with Gasteiger partial charge in [-0.3, -0.25) is 0 Å². The highest BCUT2D eigenvalue weighted by atomic mass is 15.1. The standard InChI is InChI=1S/C38H27N3/c1-4-12-30(13-5-1)37-38(40-36-19-11-10-18-35(36)39-37)31-22-20-28(21-23-31)29-24-26-34(27-25-29)41(32-14-6-2-7-15-32)33-16-8-3-9-17-33/h1-27H. The molecule has 0 aliphatic carbocycles. The highest BCUT2D eigenvalue weighted by Crippen LogP contribution is 2.36. The van der Waals surface area contributed by atoms with Crippen LogP contribution < -0.4 is 4.90 Å². The molecule has 0 saturated heterocycles. The summed E-state index contributed by atoms with van der Waals surface area (Å²) in [4.78, 5) is 12.3. The van der Waals surface area contributed by atoms with Gasteiger partial charge in [0.25, 0.3) is 0 Å². The van der Waals surface area contributed by atoms with Crippen LogP contribution in [0.25, 0.3) is 44.7 Å². The molecule has 0 aliphatic rings. The van der Waals surface area contributed by atoms with Crippen molar-refractivity contribution in [2.24, 2.45) is 0 Å². The van der Waals surface area contributed by atoms with Gasteiger partial charge in [0.1, 0.15) is 0 Å². The molecule has 6 aromatic carbocycles. The maximum Gasteiger partial charge on any atom is 0.0973 e. The second kappa shape index (κ2) is 10.9. The lowest BCUT2D eigenvalue weighted by Crippen LogP contribution is -2.09. The molecule has 0 saturated carbocycles. The molecule has 0 aliphatic heterocycles. The molecule has 41 heavy (non-hydrogen) atoms. The van der Waals surface area contributed by atoms with Crippen LogP contribution in [-0.4, -0.2) is 9.97 Å². The van der Waals surface area contributed by atoms with Crippen LogP contribution in [0.4, 0.5) is 17.1 Å². The maximum atomic E-state index is 5.04. The van der Waals surface area contributed by atoms with Crippen LogP contribution in [0.1, 0.15) is 0 Å². The Hall–Kier alpha value is -5.54. The first kappa shape index (κ1) is 24.5. The molecule has 7 rings (SSSR count). The molecule has 194 valence electrons. The number of anilines is 3. The summed E-state index contributed by atoms with van der Waals surface area (Å²) < 4.78 is 0. The Morgan fingerprint density at radius 3 is 1.12 bits per heavy atom. The van der Waals surface area contributed by atoms with Crippen LogP contribution in [0.15, 0.2) is 164 Å². The van der Waals surface area contributed by atoms with E-state index in [2.05, 4.69) is 114 Å². The molecule has 0 unspecified atom stereocenters. The Balaban J connectivity index is 1.23. The lowest BCUT2D eigenvalue weighted by Gasteiger charge is -2.25. The van der Waals surface area contributed by atoms with Crippen molar-refractivity contribution in [3.8, 4) is 33.6 Å². The zero-order valence-electron chi connectivity index (χ0n) is 22.4. The predicted molar refractivity (Wildman–Crippen MR) is 171 cm³/mol. The molecule has 0 N–H and O–H groups in total. The van der Waals surface area contributed by atoms with Crippen LogP contribution in [0.2, 0.25) is 0 Å². The van der Waals surface area contributed by atoms with Gasteiger partial charge < -0.3 is 4.90 Å². The van der Waals surface area contributed by atoms with Crippen molar-refractivity contribution in [3.05, 3.63) is 164 Å². The summed E-state index contributed by atoms with van der Waals surface area (Å²) >= 11 is 0. The second-order valence-corrected chi connectivity index (χ2v) is 9.91. The number of benzene rings is 6. The molecule has 0 radical (unpaired) electrons. The molecular weight excluding hydrogens is 498 g/mol. The second-order valence-electron chi connectivity index (χ2n) is 9.91. The smallest absolute Gasteiger partial charge is 0.0973 e. The van der Waals surface area contributed by atoms with Gasteiger partial charge in [-0.1, -0.05) is 115 Å². The minimum atomic E-state index is 0.887.